The average Bonchev–Trinajstić information content (AvgIpc) is 3.02. The summed E-state index contributed by atoms with van der Waals surface area (Å²) in [6.45, 7) is 3.22. The molecule has 5 fully saturated rings. The Hall–Kier alpha value is -0.400. The molecule has 0 radical (unpaired) electrons. The monoisotopic (exact) mass is 516 g/mol. The highest BCUT2D eigenvalue weighted by Crippen LogP contribution is 2.72. The zero-order valence-electron chi connectivity index (χ0n) is 21.2. The summed E-state index contributed by atoms with van der Waals surface area (Å²) in [6.07, 6.45) is -3.78. The second-order valence-electron chi connectivity index (χ2n) is 13.0. The second-order valence-corrected chi connectivity index (χ2v) is 13.0. The van der Waals surface area contributed by atoms with E-state index in [4.69, 9.17) is 9.47 Å². The van der Waals surface area contributed by atoms with Gasteiger partial charge in [-0.05, 0) is 68.1 Å². The number of ether oxygens (including phenoxy) is 2. The molecule has 0 aromatic rings. The first kappa shape index (κ1) is 27.2. The lowest BCUT2D eigenvalue weighted by Crippen LogP contribution is -2.63. The fraction of sp³-hybridized carbons (Fsp3) is 1.00. The highest BCUT2D eigenvalue weighted by atomic mass is 16.7. The Labute approximate surface area is 211 Å². The van der Waals surface area contributed by atoms with Crippen LogP contribution in [0, 0.1) is 34.0 Å². The Morgan fingerprint density at radius 2 is 1.58 bits per heavy atom. The molecule has 4 aliphatic carbocycles. The van der Waals surface area contributed by atoms with Crippen molar-refractivity contribution in [1.29, 1.82) is 0 Å². The van der Waals surface area contributed by atoms with Crippen LogP contribution in [0.3, 0.4) is 0 Å². The third-order valence-corrected chi connectivity index (χ3v) is 11.5. The van der Waals surface area contributed by atoms with E-state index in [-0.39, 0.29) is 36.4 Å². The molecule has 1 saturated heterocycles. The predicted molar refractivity (Wildman–Crippen MR) is 125 cm³/mol. The van der Waals surface area contributed by atoms with Crippen LogP contribution < -0.4 is 0 Å². The molecule has 1 spiro atoms. The first-order valence-electron chi connectivity index (χ1n) is 13.5. The van der Waals surface area contributed by atoms with E-state index in [1.807, 2.05) is 6.92 Å². The van der Waals surface area contributed by atoms with E-state index < -0.39 is 66.0 Å². The van der Waals surface area contributed by atoms with Crippen molar-refractivity contribution < 1.29 is 50.3 Å². The Bertz CT molecular complexity index is 827. The third-order valence-electron chi connectivity index (χ3n) is 11.5. The van der Waals surface area contributed by atoms with E-state index in [0.29, 0.717) is 25.7 Å². The summed E-state index contributed by atoms with van der Waals surface area (Å²) >= 11 is 0. The molecule has 10 nitrogen and oxygen atoms in total. The summed E-state index contributed by atoms with van der Waals surface area (Å²) in [4.78, 5) is 0. The van der Waals surface area contributed by atoms with Gasteiger partial charge < -0.3 is 50.3 Å². The first-order chi connectivity index (χ1) is 16.9. The van der Waals surface area contributed by atoms with Gasteiger partial charge in [-0.3, -0.25) is 0 Å². The van der Waals surface area contributed by atoms with Crippen molar-refractivity contribution >= 4 is 0 Å². The predicted octanol–water partition coefficient (Wildman–Crippen LogP) is -1.12. The van der Waals surface area contributed by atoms with E-state index in [9.17, 15) is 40.9 Å². The molecule has 0 aromatic heterocycles. The van der Waals surface area contributed by atoms with E-state index >= 15 is 0 Å². The highest BCUT2D eigenvalue weighted by molar-refractivity contribution is 5.21. The van der Waals surface area contributed by atoms with Crippen molar-refractivity contribution in [2.24, 2.45) is 34.0 Å². The molecular formula is C26H44O10. The Kier molecular flexibility index (Phi) is 6.85. The fourth-order valence-electron chi connectivity index (χ4n) is 9.47. The van der Waals surface area contributed by atoms with E-state index in [1.54, 1.807) is 0 Å². The minimum atomic E-state index is -1.58. The van der Waals surface area contributed by atoms with Crippen LogP contribution in [0.25, 0.3) is 0 Å². The van der Waals surface area contributed by atoms with Gasteiger partial charge in [0.2, 0.25) is 0 Å². The van der Waals surface area contributed by atoms with Crippen molar-refractivity contribution in [3.05, 3.63) is 0 Å². The van der Waals surface area contributed by atoms with Crippen LogP contribution in [0.1, 0.15) is 58.8 Å². The Balaban J connectivity index is 1.37. The van der Waals surface area contributed by atoms with Crippen LogP contribution in [0.5, 0.6) is 0 Å². The van der Waals surface area contributed by atoms with Crippen molar-refractivity contribution in [3.63, 3.8) is 0 Å². The maximum Gasteiger partial charge on any atom is 0.186 e. The number of aliphatic hydroxyl groups is 8. The van der Waals surface area contributed by atoms with Crippen LogP contribution in [0.15, 0.2) is 0 Å². The number of aliphatic hydroxyl groups excluding tert-OH is 7. The lowest BCUT2D eigenvalue weighted by atomic mass is 9.40. The van der Waals surface area contributed by atoms with Crippen molar-refractivity contribution in [2.75, 3.05) is 19.8 Å². The highest BCUT2D eigenvalue weighted by Gasteiger charge is 2.72. The maximum absolute atomic E-state index is 11.8. The van der Waals surface area contributed by atoms with Crippen molar-refractivity contribution in [1.82, 2.24) is 0 Å². The maximum atomic E-state index is 11.8. The molecule has 4 saturated carbocycles. The zero-order valence-corrected chi connectivity index (χ0v) is 21.2. The quantitative estimate of drug-likeness (QED) is 0.223. The smallest absolute Gasteiger partial charge is 0.186 e. The van der Waals surface area contributed by atoms with Crippen LogP contribution in [-0.4, -0.2) is 109 Å². The summed E-state index contributed by atoms with van der Waals surface area (Å²) in [6, 6.07) is 0. The summed E-state index contributed by atoms with van der Waals surface area (Å²) < 4.78 is 11.2. The molecule has 5 rings (SSSR count). The largest absolute Gasteiger partial charge is 0.396 e. The molecule has 36 heavy (non-hydrogen) atoms. The lowest BCUT2D eigenvalue weighted by Gasteiger charge is -2.65. The van der Waals surface area contributed by atoms with Crippen LogP contribution in [-0.2, 0) is 9.47 Å². The second kappa shape index (κ2) is 9.08. The Morgan fingerprint density at radius 1 is 0.861 bits per heavy atom. The number of hydrogen-bond donors (Lipinski definition) is 8. The van der Waals surface area contributed by atoms with Gasteiger partial charge in [0.05, 0.1) is 32.0 Å². The molecule has 10 heteroatoms. The molecule has 1 aliphatic heterocycles. The first-order valence-corrected chi connectivity index (χ1v) is 13.5. The summed E-state index contributed by atoms with van der Waals surface area (Å²) in [5.41, 5.74) is -2.88. The normalized spacial score (nSPS) is 58.8. The zero-order chi connectivity index (χ0) is 26.3. The van der Waals surface area contributed by atoms with E-state index in [1.165, 1.54) is 0 Å². The molecule has 8 N–H and O–H groups in total. The van der Waals surface area contributed by atoms with Crippen molar-refractivity contribution in [2.45, 2.75) is 107 Å². The van der Waals surface area contributed by atoms with Gasteiger partial charge in [0.1, 0.15) is 30.0 Å². The lowest BCUT2D eigenvalue weighted by molar-refractivity contribution is -0.313. The van der Waals surface area contributed by atoms with Crippen molar-refractivity contribution in [3.8, 4) is 0 Å². The summed E-state index contributed by atoms with van der Waals surface area (Å²) in [5, 5.41) is 84.6. The summed E-state index contributed by atoms with van der Waals surface area (Å²) in [7, 11) is 0. The van der Waals surface area contributed by atoms with Crippen LogP contribution in [0.2, 0.25) is 0 Å². The van der Waals surface area contributed by atoms with Gasteiger partial charge in [-0.1, -0.05) is 13.8 Å². The molecular weight excluding hydrogens is 472 g/mol. The van der Waals surface area contributed by atoms with Gasteiger partial charge in [0.25, 0.3) is 0 Å². The minimum absolute atomic E-state index is 0.0871. The topological polar surface area (TPSA) is 180 Å². The fourth-order valence-corrected chi connectivity index (χ4v) is 9.47. The molecule has 2 bridgehead atoms. The van der Waals surface area contributed by atoms with Gasteiger partial charge in [-0.15, -0.1) is 0 Å². The molecule has 14 atom stereocenters. The average molecular weight is 517 g/mol. The van der Waals surface area contributed by atoms with Gasteiger partial charge >= 0.3 is 0 Å². The van der Waals surface area contributed by atoms with Gasteiger partial charge in [-0.25, -0.2) is 0 Å². The molecule has 14 unspecified atom stereocenters. The van der Waals surface area contributed by atoms with E-state index in [0.717, 1.165) is 19.3 Å². The standard InChI is InChI=1S/C26H44O10/c1-23-7-6-17(29)24(2,11-28)15(23)5-8-25-9-13(3-4-16(23)25)26(34,22(25)33)12-35-21-20(32)19(31)18(30)14(10-27)36-21/h13-22,27-34H,3-12H2,1-2H3. The van der Waals surface area contributed by atoms with Crippen LogP contribution >= 0.6 is 0 Å². The summed E-state index contributed by atoms with van der Waals surface area (Å²) in [5.74, 6) is 0.0130. The Morgan fingerprint density at radius 3 is 2.25 bits per heavy atom. The van der Waals surface area contributed by atoms with Gasteiger partial charge in [-0.2, -0.15) is 0 Å². The molecule has 208 valence electrons. The van der Waals surface area contributed by atoms with Crippen LogP contribution in [0.4, 0.5) is 0 Å². The van der Waals surface area contributed by atoms with Gasteiger partial charge in [0, 0.05) is 10.8 Å². The number of fused-ring (bicyclic) bond motifs is 3. The van der Waals surface area contributed by atoms with Gasteiger partial charge in [0.15, 0.2) is 6.29 Å². The minimum Gasteiger partial charge on any atom is -0.396 e. The SMILES string of the molecule is CC1(CO)C(O)CCC2(C)C1CCC13CC(CCC21)C(O)(COC1OC(CO)C(O)C(O)C1O)C3O. The number of rotatable bonds is 5. The molecule has 5 aliphatic rings. The third kappa shape index (κ3) is 3.53. The van der Waals surface area contributed by atoms with E-state index in [2.05, 4.69) is 6.92 Å². The molecule has 0 amide bonds. The molecule has 1 heterocycles. The molecule has 0 aromatic carbocycles. The number of hydrogen-bond acceptors (Lipinski definition) is 10.